The zero-order chi connectivity index (χ0) is 22.8. The summed E-state index contributed by atoms with van der Waals surface area (Å²) in [5.41, 5.74) is 0. The van der Waals surface area contributed by atoms with Gasteiger partial charge < -0.3 is 0 Å². The number of rotatable bonds is 8. The molecule has 0 spiro atoms. The normalized spacial score (nSPS) is 29.8. The molecule has 2 rings (SSSR count). The van der Waals surface area contributed by atoms with Crippen molar-refractivity contribution in [1.29, 1.82) is 0 Å². The lowest BCUT2D eigenvalue weighted by Gasteiger charge is -2.40. The van der Waals surface area contributed by atoms with E-state index in [1.807, 2.05) is 0 Å². The van der Waals surface area contributed by atoms with Crippen LogP contribution in [0.3, 0.4) is 0 Å². The summed E-state index contributed by atoms with van der Waals surface area (Å²) in [6, 6.07) is 0. The predicted octanol–water partition coefficient (Wildman–Crippen LogP) is 8.65. The van der Waals surface area contributed by atoms with Crippen LogP contribution in [-0.2, 0) is 0 Å². The number of alkyl halides is 9. The molecule has 30 heavy (non-hydrogen) atoms. The van der Waals surface area contributed by atoms with Gasteiger partial charge in [0.05, 0.1) is 0 Å². The molecule has 2 saturated carbocycles. The standard InChI is InChI=1S/C21H31F9/c1-2-3-14-4-6-15(7-5-14)8-9-16-10-12-17(13-11-16)18(22,23)19(24,25)20(26,27)21(28,29)30/h14-17H,2-13H2,1H3. The third-order valence-corrected chi connectivity index (χ3v) is 7.17. The number of halogens is 9. The second-order valence-corrected chi connectivity index (χ2v) is 9.24. The molecule has 2 aliphatic carbocycles. The van der Waals surface area contributed by atoms with Gasteiger partial charge in [0, 0.05) is 5.92 Å². The van der Waals surface area contributed by atoms with Crippen LogP contribution in [-0.4, -0.2) is 23.9 Å². The van der Waals surface area contributed by atoms with Gasteiger partial charge >= 0.3 is 23.9 Å². The van der Waals surface area contributed by atoms with Crippen LogP contribution < -0.4 is 0 Å². The average Bonchev–Trinajstić information content (AvgIpc) is 2.67. The Morgan fingerprint density at radius 3 is 1.27 bits per heavy atom. The third kappa shape index (κ3) is 5.22. The highest BCUT2D eigenvalue weighted by Crippen LogP contribution is 2.57. The van der Waals surface area contributed by atoms with Crippen molar-refractivity contribution in [3.05, 3.63) is 0 Å². The molecule has 0 saturated heterocycles. The van der Waals surface area contributed by atoms with Gasteiger partial charge in [-0.15, -0.1) is 0 Å². The first-order valence-electron chi connectivity index (χ1n) is 10.9. The second-order valence-electron chi connectivity index (χ2n) is 9.24. The van der Waals surface area contributed by atoms with Gasteiger partial charge in [0.1, 0.15) is 0 Å². The Morgan fingerprint density at radius 1 is 0.533 bits per heavy atom. The fourth-order valence-corrected chi connectivity index (χ4v) is 5.15. The van der Waals surface area contributed by atoms with Gasteiger partial charge in [-0.3, -0.25) is 0 Å². The molecular formula is C21H31F9. The molecule has 0 amide bonds. The summed E-state index contributed by atoms with van der Waals surface area (Å²) in [6.07, 6.45) is 1.30. The quantitative estimate of drug-likeness (QED) is 0.322. The van der Waals surface area contributed by atoms with Gasteiger partial charge in [-0.05, 0) is 43.4 Å². The van der Waals surface area contributed by atoms with E-state index in [0.717, 1.165) is 38.0 Å². The average molecular weight is 454 g/mol. The van der Waals surface area contributed by atoms with E-state index in [2.05, 4.69) is 6.92 Å². The molecule has 0 atom stereocenters. The van der Waals surface area contributed by atoms with E-state index in [1.54, 1.807) is 0 Å². The fourth-order valence-electron chi connectivity index (χ4n) is 5.15. The highest BCUT2D eigenvalue weighted by atomic mass is 19.4. The molecule has 178 valence electrons. The molecule has 0 aliphatic heterocycles. The van der Waals surface area contributed by atoms with Crippen molar-refractivity contribution in [3.8, 4) is 0 Å². The molecule has 2 fully saturated rings. The summed E-state index contributed by atoms with van der Waals surface area (Å²) in [4.78, 5) is 0. The number of hydrogen-bond acceptors (Lipinski definition) is 0. The van der Waals surface area contributed by atoms with E-state index in [-0.39, 0.29) is 18.8 Å². The Hall–Kier alpha value is -0.630. The van der Waals surface area contributed by atoms with Gasteiger partial charge in [0.15, 0.2) is 0 Å². The summed E-state index contributed by atoms with van der Waals surface area (Å²) in [7, 11) is 0. The lowest BCUT2D eigenvalue weighted by Crippen LogP contribution is -2.63. The maximum absolute atomic E-state index is 14.1. The van der Waals surface area contributed by atoms with Crippen molar-refractivity contribution in [1.82, 2.24) is 0 Å². The van der Waals surface area contributed by atoms with Crippen LogP contribution >= 0.6 is 0 Å². The van der Waals surface area contributed by atoms with E-state index in [4.69, 9.17) is 0 Å². The molecule has 0 aromatic carbocycles. The van der Waals surface area contributed by atoms with Gasteiger partial charge in [-0.1, -0.05) is 58.3 Å². The van der Waals surface area contributed by atoms with Crippen molar-refractivity contribution in [3.63, 3.8) is 0 Å². The van der Waals surface area contributed by atoms with Crippen LogP contribution in [0.4, 0.5) is 39.5 Å². The van der Waals surface area contributed by atoms with Crippen molar-refractivity contribution in [2.45, 2.75) is 108 Å². The minimum Gasteiger partial charge on any atom is -0.199 e. The maximum Gasteiger partial charge on any atom is 0.460 e. The topological polar surface area (TPSA) is 0 Å². The van der Waals surface area contributed by atoms with E-state index in [1.165, 1.54) is 19.3 Å². The van der Waals surface area contributed by atoms with Gasteiger partial charge in [-0.2, -0.15) is 39.5 Å². The van der Waals surface area contributed by atoms with Crippen LogP contribution in [0.1, 0.15) is 84.0 Å². The smallest absolute Gasteiger partial charge is 0.199 e. The van der Waals surface area contributed by atoms with Crippen LogP contribution in [0.15, 0.2) is 0 Å². The van der Waals surface area contributed by atoms with E-state index >= 15 is 0 Å². The Labute approximate surface area is 172 Å². The summed E-state index contributed by atoms with van der Waals surface area (Å²) in [5.74, 6) is -19.5. The molecule has 0 bridgehead atoms. The van der Waals surface area contributed by atoms with Gasteiger partial charge in [0.2, 0.25) is 0 Å². The SMILES string of the molecule is CCCC1CCC(CCC2CCC(C(F)(F)C(F)(F)C(F)(F)C(F)(F)F)CC2)CC1. The van der Waals surface area contributed by atoms with Crippen molar-refractivity contribution < 1.29 is 39.5 Å². The predicted molar refractivity (Wildman–Crippen MR) is 95.9 cm³/mol. The Balaban J connectivity index is 1.84. The first-order chi connectivity index (χ1) is 13.7. The highest BCUT2D eigenvalue weighted by molar-refractivity contribution is 5.03. The summed E-state index contributed by atoms with van der Waals surface area (Å²) in [5, 5.41) is 0. The molecule has 9 heteroatoms. The zero-order valence-electron chi connectivity index (χ0n) is 17.2. The maximum atomic E-state index is 14.1. The van der Waals surface area contributed by atoms with Crippen molar-refractivity contribution >= 4 is 0 Å². The first kappa shape index (κ1) is 25.6. The summed E-state index contributed by atoms with van der Waals surface area (Å²) >= 11 is 0. The van der Waals surface area contributed by atoms with Crippen LogP contribution in [0, 0.1) is 23.7 Å². The molecule has 0 aromatic heterocycles. The molecule has 0 heterocycles. The largest absolute Gasteiger partial charge is 0.460 e. The lowest BCUT2D eigenvalue weighted by atomic mass is 9.73. The minimum absolute atomic E-state index is 0.0298. The monoisotopic (exact) mass is 454 g/mol. The molecule has 0 unspecified atom stereocenters. The van der Waals surface area contributed by atoms with Gasteiger partial charge in [-0.25, -0.2) is 0 Å². The van der Waals surface area contributed by atoms with Crippen molar-refractivity contribution in [2.24, 2.45) is 23.7 Å². The highest BCUT2D eigenvalue weighted by Gasteiger charge is 2.82. The fraction of sp³-hybridized carbons (Fsp3) is 1.00. The third-order valence-electron chi connectivity index (χ3n) is 7.17. The van der Waals surface area contributed by atoms with E-state index < -0.39 is 42.7 Å². The van der Waals surface area contributed by atoms with E-state index in [0.29, 0.717) is 5.92 Å². The summed E-state index contributed by atoms with van der Waals surface area (Å²) in [6.45, 7) is 2.16. The lowest BCUT2D eigenvalue weighted by molar-refractivity contribution is -0.404. The minimum atomic E-state index is -6.78. The Bertz CT molecular complexity index is 525. The zero-order valence-corrected chi connectivity index (χ0v) is 17.2. The van der Waals surface area contributed by atoms with Crippen LogP contribution in [0.25, 0.3) is 0 Å². The van der Waals surface area contributed by atoms with Crippen molar-refractivity contribution in [2.75, 3.05) is 0 Å². The molecule has 0 nitrogen and oxygen atoms in total. The Kier molecular flexibility index (Phi) is 8.09. The molecule has 0 aromatic rings. The molecule has 2 aliphatic rings. The molecule has 0 radical (unpaired) electrons. The second kappa shape index (κ2) is 9.47. The van der Waals surface area contributed by atoms with Gasteiger partial charge in [0.25, 0.3) is 0 Å². The van der Waals surface area contributed by atoms with E-state index in [9.17, 15) is 39.5 Å². The molecule has 0 N–H and O–H groups in total. The van der Waals surface area contributed by atoms with Crippen LogP contribution in [0.2, 0.25) is 0 Å². The van der Waals surface area contributed by atoms with Crippen LogP contribution in [0.5, 0.6) is 0 Å². The number of hydrogen-bond donors (Lipinski definition) is 0. The Morgan fingerprint density at radius 2 is 0.900 bits per heavy atom. The first-order valence-corrected chi connectivity index (χ1v) is 10.9. The molecular weight excluding hydrogens is 423 g/mol. The summed E-state index contributed by atoms with van der Waals surface area (Å²) < 4.78 is 118.